The Morgan fingerprint density at radius 1 is 1.44 bits per heavy atom. The molecule has 2 heterocycles. The summed E-state index contributed by atoms with van der Waals surface area (Å²) in [5.74, 6) is -0.0465. The van der Waals surface area contributed by atoms with Crippen molar-refractivity contribution in [3.63, 3.8) is 0 Å². The van der Waals surface area contributed by atoms with Crippen LogP contribution >= 0.6 is 11.8 Å². The number of nitrogens with one attached hydrogen (secondary N) is 1. The van der Waals surface area contributed by atoms with E-state index in [4.69, 9.17) is 10.5 Å². The molecular weight excluding hydrogens is 344 g/mol. The van der Waals surface area contributed by atoms with Crippen molar-refractivity contribution in [1.29, 1.82) is 0 Å². The standard InChI is InChI=1S/C15H20N6O3S/c1-4-24-14(23)10-7-17-15(20-13(10)16)25-8-12(22)19-11-5-6-18-21(11)9(2)3/h5-7,9H,4,8H2,1-3H3,(H,19,22)(H2,16,17,20). The minimum Gasteiger partial charge on any atom is -0.462 e. The number of nitrogens with two attached hydrogens (primary N) is 1. The second kappa shape index (κ2) is 8.47. The number of nitrogen functional groups attached to an aromatic ring is 1. The smallest absolute Gasteiger partial charge is 0.343 e. The molecule has 0 saturated carbocycles. The fourth-order valence-electron chi connectivity index (χ4n) is 1.95. The molecule has 0 aromatic carbocycles. The van der Waals surface area contributed by atoms with E-state index in [-0.39, 0.29) is 35.7 Å². The van der Waals surface area contributed by atoms with E-state index >= 15 is 0 Å². The van der Waals surface area contributed by atoms with Gasteiger partial charge in [0.25, 0.3) is 0 Å². The Kier molecular flexibility index (Phi) is 6.34. The molecule has 0 aliphatic carbocycles. The minimum absolute atomic E-state index is 0.0224. The van der Waals surface area contributed by atoms with Gasteiger partial charge in [-0.05, 0) is 20.8 Å². The van der Waals surface area contributed by atoms with Gasteiger partial charge in [0, 0.05) is 18.3 Å². The van der Waals surface area contributed by atoms with E-state index in [2.05, 4.69) is 20.4 Å². The van der Waals surface area contributed by atoms with Gasteiger partial charge in [0.05, 0.1) is 18.6 Å². The van der Waals surface area contributed by atoms with Gasteiger partial charge in [0.15, 0.2) is 5.16 Å². The normalized spacial score (nSPS) is 10.7. The van der Waals surface area contributed by atoms with Crippen LogP contribution in [0.5, 0.6) is 0 Å². The molecule has 10 heteroatoms. The first-order chi connectivity index (χ1) is 11.9. The quantitative estimate of drug-likeness (QED) is 0.432. The highest BCUT2D eigenvalue weighted by Crippen LogP contribution is 2.18. The summed E-state index contributed by atoms with van der Waals surface area (Å²) in [5.41, 5.74) is 5.85. The van der Waals surface area contributed by atoms with Crippen molar-refractivity contribution in [3.05, 3.63) is 24.0 Å². The molecule has 9 nitrogen and oxygen atoms in total. The average molecular weight is 364 g/mol. The van der Waals surface area contributed by atoms with Gasteiger partial charge >= 0.3 is 5.97 Å². The van der Waals surface area contributed by atoms with Gasteiger partial charge < -0.3 is 15.8 Å². The van der Waals surface area contributed by atoms with Gasteiger partial charge in [-0.25, -0.2) is 19.4 Å². The predicted molar refractivity (Wildman–Crippen MR) is 94.4 cm³/mol. The number of nitrogens with zero attached hydrogens (tertiary/aromatic N) is 4. The number of anilines is 2. The van der Waals surface area contributed by atoms with Crippen LogP contribution in [0, 0.1) is 0 Å². The molecule has 0 aliphatic rings. The molecule has 0 atom stereocenters. The molecule has 0 fully saturated rings. The molecule has 0 aliphatic heterocycles. The zero-order valence-electron chi connectivity index (χ0n) is 14.2. The third-order valence-electron chi connectivity index (χ3n) is 3.05. The molecule has 0 unspecified atom stereocenters. The lowest BCUT2D eigenvalue weighted by Gasteiger charge is -2.11. The van der Waals surface area contributed by atoms with Gasteiger partial charge in [-0.3, -0.25) is 4.79 Å². The third-order valence-corrected chi connectivity index (χ3v) is 3.91. The Bertz CT molecular complexity index is 761. The molecule has 1 amide bonds. The van der Waals surface area contributed by atoms with Crippen LogP contribution in [0.15, 0.2) is 23.6 Å². The van der Waals surface area contributed by atoms with Gasteiger partial charge in [0.1, 0.15) is 17.2 Å². The van der Waals surface area contributed by atoms with Gasteiger partial charge in [-0.2, -0.15) is 5.10 Å². The highest BCUT2D eigenvalue weighted by atomic mass is 32.2. The largest absolute Gasteiger partial charge is 0.462 e. The van der Waals surface area contributed by atoms with Crippen molar-refractivity contribution in [3.8, 4) is 0 Å². The maximum Gasteiger partial charge on any atom is 0.343 e. The number of rotatable bonds is 7. The van der Waals surface area contributed by atoms with E-state index in [1.807, 2.05) is 13.8 Å². The summed E-state index contributed by atoms with van der Waals surface area (Å²) in [6.07, 6.45) is 2.93. The number of esters is 1. The number of hydrogen-bond donors (Lipinski definition) is 2. The average Bonchev–Trinajstić information content (AvgIpc) is 3.01. The molecular formula is C15H20N6O3S. The van der Waals surface area contributed by atoms with Crippen molar-refractivity contribution in [2.45, 2.75) is 32.0 Å². The Hall–Kier alpha value is -2.62. The zero-order valence-corrected chi connectivity index (χ0v) is 15.0. The van der Waals surface area contributed by atoms with E-state index in [9.17, 15) is 9.59 Å². The van der Waals surface area contributed by atoms with E-state index in [0.717, 1.165) is 11.8 Å². The number of carbonyl (C=O) groups excluding carboxylic acids is 2. The minimum atomic E-state index is -0.573. The number of hydrogen-bond acceptors (Lipinski definition) is 8. The molecule has 2 aromatic rings. The summed E-state index contributed by atoms with van der Waals surface area (Å²) in [6, 6.07) is 1.86. The number of amides is 1. The van der Waals surface area contributed by atoms with Crippen molar-refractivity contribution >= 4 is 35.3 Å². The number of carbonyl (C=O) groups is 2. The summed E-state index contributed by atoms with van der Waals surface area (Å²) >= 11 is 1.12. The zero-order chi connectivity index (χ0) is 18.4. The topological polar surface area (TPSA) is 125 Å². The predicted octanol–water partition coefficient (Wildman–Crippen LogP) is 1.74. The lowest BCUT2D eigenvalue weighted by atomic mass is 10.3. The molecule has 0 saturated heterocycles. The summed E-state index contributed by atoms with van der Waals surface area (Å²) in [5, 5.41) is 7.24. The van der Waals surface area contributed by atoms with Crippen LogP contribution in [-0.2, 0) is 9.53 Å². The highest BCUT2D eigenvalue weighted by molar-refractivity contribution is 7.99. The summed E-state index contributed by atoms with van der Waals surface area (Å²) < 4.78 is 6.57. The monoisotopic (exact) mass is 364 g/mol. The van der Waals surface area contributed by atoms with E-state index in [0.29, 0.717) is 11.0 Å². The first kappa shape index (κ1) is 18.7. The molecule has 25 heavy (non-hydrogen) atoms. The summed E-state index contributed by atoms with van der Waals surface area (Å²) in [7, 11) is 0. The number of aromatic nitrogens is 4. The van der Waals surface area contributed by atoms with E-state index in [1.165, 1.54) is 6.20 Å². The summed E-state index contributed by atoms with van der Waals surface area (Å²) in [4.78, 5) is 31.8. The van der Waals surface area contributed by atoms with Gasteiger partial charge in [0.2, 0.25) is 5.91 Å². The van der Waals surface area contributed by atoms with E-state index in [1.54, 1.807) is 23.9 Å². The van der Waals surface area contributed by atoms with Crippen LogP contribution in [0.4, 0.5) is 11.6 Å². The SMILES string of the molecule is CCOC(=O)c1cnc(SCC(=O)Nc2ccnn2C(C)C)nc1N. The molecule has 134 valence electrons. The first-order valence-electron chi connectivity index (χ1n) is 7.68. The van der Waals surface area contributed by atoms with Crippen molar-refractivity contribution < 1.29 is 14.3 Å². The van der Waals surface area contributed by atoms with Gasteiger partial charge in [-0.1, -0.05) is 11.8 Å². The molecule has 0 bridgehead atoms. The molecule has 0 spiro atoms. The highest BCUT2D eigenvalue weighted by Gasteiger charge is 2.15. The summed E-state index contributed by atoms with van der Waals surface area (Å²) in [6.45, 7) is 5.88. The first-order valence-corrected chi connectivity index (χ1v) is 8.66. The van der Waals surface area contributed by atoms with Crippen LogP contribution in [0.25, 0.3) is 0 Å². The lowest BCUT2D eigenvalue weighted by Crippen LogP contribution is -2.18. The van der Waals surface area contributed by atoms with Crippen LogP contribution in [0.3, 0.4) is 0 Å². The second-order valence-electron chi connectivity index (χ2n) is 5.26. The Labute approximate surface area is 149 Å². The maximum absolute atomic E-state index is 12.1. The molecule has 0 radical (unpaired) electrons. The molecule has 3 N–H and O–H groups in total. The number of thioether (sulfide) groups is 1. The van der Waals surface area contributed by atoms with Gasteiger partial charge in [-0.15, -0.1) is 0 Å². The Morgan fingerprint density at radius 2 is 2.20 bits per heavy atom. The van der Waals surface area contributed by atoms with Crippen LogP contribution in [-0.4, -0.2) is 44.0 Å². The third kappa shape index (κ3) is 4.92. The molecule has 2 rings (SSSR count). The maximum atomic E-state index is 12.1. The van der Waals surface area contributed by atoms with Crippen LogP contribution in [0.2, 0.25) is 0 Å². The van der Waals surface area contributed by atoms with Crippen LogP contribution in [0.1, 0.15) is 37.2 Å². The second-order valence-corrected chi connectivity index (χ2v) is 6.21. The Morgan fingerprint density at radius 3 is 2.84 bits per heavy atom. The van der Waals surface area contributed by atoms with E-state index < -0.39 is 5.97 Å². The number of ether oxygens (including phenoxy) is 1. The fraction of sp³-hybridized carbons (Fsp3) is 0.400. The lowest BCUT2D eigenvalue weighted by molar-refractivity contribution is -0.113. The van der Waals surface area contributed by atoms with Crippen LogP contribution < -0.4 is 11.1 Å². The molecule has 2 aromatic heterocycles. The van der Waals surface area contributed by atoms with Crippen molar-refractivity contribution in [1.82, 2.24) is 19.7 Å². The Balaban J connectivity index is 1.94. The fourth-order valence-corrected chi connectivity index (χ4v) is 2.57. The van der Waals surface area contributed by atoms with Crippen molar-refractivity contribution in [2.75, 3.05) is 23.4 Å². The van der Waals surface area contributed by atoms with Crippen molar-refractivity contribution in [2.24, 2.45) is 0 Å².